The van der Waals surface area contributed by atoms with Crippen LogP contribution in [0.2, 0.25) is 0 Å². The van der Waals surface area contributed by atoms with Crippen LogP contribution in [0.4, 0.5) is 44.2 Å². The van der Waals surface area contributed by atoms with Crippen molar-refractivity contribution < 1.29 is 36.7 Å². The van der Waals surface area contributed by atoms with Crippen LogP contribution < -0.4 is 25.6 Å². The molecule has 0 bridgehead atoms. The molecule has 1 aliphatic heterocycles. The van der Waals surface area contributed by atoms with Crippen LogP contribution in [0.5, 0.6) is 5.75 Å². The van der Waals surface area contributed by atoms with Crippen LogP contribution in [0, 0.1) is 12.7 Å². The van der Waals surface area contributed by atoms with Gasteiger partial charge in [-0.2, -0.15) is 4.99 Å². The summed E-state index contributed by atoms with van der Waals surface area (Å²) < 4.78 is 54.9. The lowest BCUT2D eigenvalue weighted by molar-refractivity contribution is -0.274. The van der Waals surface area contributed by atoms with Gasteiger partial charge in [0.15, 0.2) is 5.17 Å². The predicted octanol–water partition coefficient (Wildman–Crippen LogP) is 7.19. The van der Waals surface area contributed by atoms with Gasteiger partial charge in [-0.25, -0.2) is 14.0 Å². The Morgan fingerprint density at radius 2 is 1.64 bits per heavy atom. The fourth-order valence-electron chi connectivity index (χ4n) is 4.25. The molecule has 0 saturated carbocycles. The number of amidine groups is 1. The van der Waals surface area contributed by atoms with E-state index in [4.69, 9.17) is 0 Å². The molecule has 1 fully saturated rings. The number of nitrogens with zero attached hydrogens (tertiary/aromatic N) is 2. The maximum absolute atomic E-state index is 14.2. The minimum atomic E-state index is -4.81. The van der Waals surface area contributed by atoms with Crippen molar-refractivity contribution in [3.05, 3.63) is 83.2 Å². The zero-order chi connectivity index (χ0) is 32.0. The molecule has 0 unspecified atom stereocenters. The molecule has 0 aromatic heterocycles. The van der Waals surface area contributed by atoms with Gasteiger partial charge in [-0.3, -0.25) is 9.69 Å². The number of benzene rings is 3. The van der Waals surface area contributed by atoms with Gasteiger partial charge in [-0.05, 0) is 84.5 Å². The highest BCUT2D eigenvalue weighted by Gasteiger charge is 2.33. The Balaban J connectivity index is 1.28. The summed E-state index contributed by atoms with van der Waals surface area (Å²) in [5, 5.41) is 8.06. The molecule has 3 aromatic carbocycles. The first kappa shape index (κ1) is 32.3. The molecule has 232 valence electrons. The molecule has 1 saturated heterocycles. The maximum Gasteiger partial charge on any atom is 0.573 e. The van der Waals surface area contributed by atoms with Crippen LogP contribution in [0.15, 0.2) is 65.7 Å². The summed E-state index contributed by atoms with van der Waals surface area (Å²) in [5.74, 6) is -0.969. The fraction of sp³-hybridized carbons (Fsp3) is 0.267. The Kier molecular flexibility index (Phi) is 10.1. The molecule has 3 N–H and O–H groups in total. The summed E-state index contributed by atoms with van der Waals surface area (Å²) in [6.45, 7) is 5.65. The van der Waals surface area contributed by atoms with E-state index in [1.165, 1.54) is 23.1 Å². The van der Waals surface area contributed by atoms with Crippen LogP contribution in [-0.4, -0.2) is 41.8 Å². The number of hydrogen-bond donors (Lipinski definition) is 3. The van der Waals surface area contributed by atoms with Gasteiger partial charge in [-0.1, -0.05) is 37.7 Å². The molecule has 14 heteroatoms. The highest BCUT2D eigenvalue weighted by Crippen LogP contribution is 2.35. The van der Waals surface area contributed by atoms with E-state index in [9.17, 15) is 31.9 Å². The summed E-state index contributed by atoms with van der Waals surface area (Å²) >= 11 is 1.14. The van der Waals surface area contributed by atoms with Crippen LogP contribution >= 0.6 is 11.8 Å². The summed E-state index contributed by atoms with van der Waals surface area (Å²) in [7, 11) is 0. The lowest BCUT2D eigenvalue weighted by atomic mass is 9.98. The fourth-order valence-corrected chi connectivity index (χ4v) is 5.11. The van der Waals surface area contributed by atoms with E-state index in [-0.39, 0.29) is 40.8 Å². The lowest BCUT2D eigenvalue weighted by Crippen LogP contribution is -2.32. The first-order chi connectivity index (χ1) is 20.8. The van der Waals surface area contributed by atoms with E-state index in [2.05, 4.69) is 25.7 Å². The normalized spacial score (nSPS) is 14.2. The van der Waals surface area contributed by atoms with Gasteiger partial charge in [0.2, 0.25) is 5.91 Å². The average molecular weight is 632 g/mol. The number of hydrogen-bond acceptors (Lipinski definition) is 5. The Hall–Kier alpha value is -4.59. The van der Waals surface area contributed by atoms with Gasteiger partial charge >= 0.3 is 18.4 Å². The number of rotatable bonds is 8. The van der Waals surface area contributed by atoms with Crippen molar-refractivity contribution in [1.82, 2.24) is 5.32 Å². The van der Waals surface area contributed by atoms with E-state index in [0.29, 0.717) is 28.9 Å². The van der Waals surface area contributed by atoms with Crippen LogP contribution in [0.3, 0.4) is 0 Å². The van der Waals surface area contributed by atoms with Crippen molar-refractivity contribution in [2.75, 3.05) is 27.8 Å². The van der Waals surface area contributed by atoms with Gasteiger partial charge in [0, 0.05) is 17.9 Å². The second-order valence-corrected chi connectivity index (χ2v) is 11.0. The van der Waals surface area contributed by atoms with Crippen LogP contribution in [-0.2, 0) is 11.2 Å². The molecule has 0 atom stereocenters. The second-order valence-electron chi connectivity index (χ2n) is 10.1. The Bertz CT molecular complexity index is 1560. The number of carbonyl (C=O) groups excluding carboxylic acids is 3. The Morgan fingerprint density at radius 3 is 2.23 bits per heavy atom. The molecular weight excluding hydrogens is 602 g/mol. The van der Waals surface area contributed by atoms with E-state index in [1.807, 2.05) is 13.8 Å². The molecule has 1 heterocycles. The van der Waals surface area contributed by atoms with Gasteiger partial charge in [0.25, 0.3) is 0 Å². The topological polar surface area (TPSA) is 112 Å². The largest absolute Gasteiger partial charge is 0.573 e. The molecule has 0 aliphatic carbocycles. The molecule has 4 rings (SSSR count). The minimum Gasteiger partial charge on any atom is -0.406 e. The van der Waals surface area contributed by atoms with Gasteiger partial charge in [-0.15, -0.1) is 13.2 Å². The quantitative estimate of drug-likeness (QED) is 0.228. The Labute approximate surface area is 255 Å². The zero-order valence-corrected chi connectivity index (χ0v) is 24.7. The number of thioether (sulfide) groups is 1. The third-order valence-electron chi connectivity index (χ3n) is 6.38. The van der Waals surface area contributed by atoms with E-state index >= 15 is 0 Å². The standard InChI is InChI=1S/C30H29F4N5O4S/c1-17(2)23-15-24(31)18(3)14-25(23)39-26(40)16-44-29(39)38-27(41)35-13-12-19-4-6-20(7-5-19)36-28(42)37-21-8-10-22(11-9-21)43-30(32,33)34/h4-11,14-15,17H,12-13,16H2,1-3H3,(H,35,41)(H2,36,37,42). The van der Waals surface area contributed by atoms with E-state index in [1.54, 1.807) is 37.3 Å². The molecule has 5 amide bonds. The molecule has 44 heavy (non-hydrogen) atoms. The monoisotopic (exact) mass is 631 g/mol. The third-order valence-corrected chi connectivity index (χ3v) is 7.30. The van der Waals surface area contributed by atoms with Crippen molar-refractivity contribution in [3.8, 4) is 5.75 Å². The summed E-state index contributed by atoms with van der Waals surface area (Å²) in [5.41, 5.74) is 3.13. The number of ether oxygens (including phenoxy) is 1. The van der Waals surface area contributed by atoms with Crippen molar-refractivity contribution in [1.29, 1.82) is 0 Å². The molecule has 0 radical (unpaired) electrons. The minimum absolute atomic E-state index is 0.0629. The first-order valence-corrected chi connectivity index (χ1v) is 14.4. The highest BCUT2D eigenvalue weighted by molar-refractivity contribution is 8.15. The zero-order valence-electron chi connectivity index (χ0n) is 23.9. The van der Waals surface area contributed by atoms with Crippen LogP contribution in [0.25, 0.3) is 0 Å². The van der Waals surface area contributed by atoms with Crippen molar-refractivity contribution in [2.24, 2.45) is 4.99 Å². The molecule has 0 spiro atoms. The van der Waals surface area contributed by atoms with Gasteiger partial charge < -0.3 is 20.7 Å². The number of amides is 5. The van der Waals surface area contributed by atoms with E-state index in [0.717, 1.165) is 29.5 Å². The summed E-state index contributed by atoms with van der Waals surface area (Å²) in [6, 6.07) is 13.3. The number of halogens is 4. The maximum atomic E-state index is 14.2. The SMILES string of the molecule is Cc1cc(N2C(=O)CSC2=NC(=O)NCCc2ccc(NC(=O)Nc3ccc(OC(F)(F)F)cc3)cc2)c(C(C)C)cc1F. The number of alkyl halides is 3. The molecule has 1 aliphatic rings. The Morgan fingerprint density at radius 1 is 1.02 bits per heavy atom. The van der Waals surface area contributed by atoms with Crippen molar-refractivity contribution in [2.45, 2.75) is 39.5 Å². The number of aliphatic imine (C=N–C) groups is 1. The van der Waals surface area contributed by atoms with Gasteiger partial charge in [0.1, 0.15) is 11.6 Å². The smallest absolute Gasteiger partial charge is 0.406 e. The summed E-state index contributed by atoms with van der Waals surface area (Å²) in [6.07, 6.45) is -4.35. The number of anilines is 3. The molecular formula is C30H29F4N5O4S. The lowest BCUT2D eigenvalue weighted by Gasteiger charge is -2.22. The van der Waals surface area contributed by atoms with Crippen molar-refractivity contribution in [3.63, 3.8) is 0 Å². The molecule has 3 aromatic rings. The van der Waals surface area contributed by atoms with E-state index < -0.39 is 24.2 Å². The van der Waals surface area contributed by atoms with Crippen LogP contribution in [0.1, 0.15) is 36.5 Å². The predicted molar refractivity (Wildman–Crippen MR) is 162 cm³/mol. The third kappa shape index (κ3) is 8.72. The second kappa shape index (κ2) is 13.8. The number of aryl methyl sites for hydroxylation is 1. The molecule has 9 nitrogen and oxygen atoms in total. The number of nitrogens with one attached hydrogen (secondary N) is 3. The number of urea groups is 2. The number of carbonyl (C=O) groups is 3. The average Bonchev–Trinajstić information content (AvgIpc) is 3.30. The van der Waals surface area contributed by atoms with Gasteiger partial charge in [0.05, 0.1) is 11.4 Å². The highest BCUT2D eigenvalue weighted by atomic mass is 32.2. The van der Waals surface area contributed by atoms with Crippen molar-refractivity contribution >= 4 is 52.0 Å². The summed E-state index contributed by atoms with van der Waals surface area (Å²) in [4.78, 5) is 43.0. The first-order valence-electron chi connectivity index (χ1n) is 13.4.